The van der Waals surface area contributed by atoms with E-state index in [0.717, 1.165) is 51.5 Å². The molecule has 2 heterocycles. The normalized spacial score (nSPS) is 30.5. The fourth-order valence-corrected chi connectivity index (χ4v) is 5.56. The molecule has 20 heavy (non-hydrogen) atoms. The van der Waals surface area contributed by atoms with Gasteiger partial charge >= 0.3 is 0 Å². The molecule has 0 saturated carbocycles. The average molecular weight is 303 g/mol. The van der Waals surface area contributed by atoms with Crippen molar-refractivity contribution in [3.63, 3.8) is 0 Å². The molecule has 2 saturated heterocycles. The van der Waals surface area contributed by atoms with Gasteiger partial charge in [-0.2, -0.15) is 17.0 Å². The van der Waals surface area contributed by atoms with Gasteiger partial charge in [0, 0.05) is 25.2 Å². The summed E-state index contributed by atoms with van der Waals surface area (Å²) in [4.78, 5) is 0. The van der Waals surface area contributed by atoms with Gasteiger partial charge in [0.25, 0.3) is 10.2 Å². The molecule has 2 fully saturated rings. The Morgan fingerprint density at radius 2 is 1.70 bits per heavy atom. The predicted molar refractivity (Wildman–Crippen MR) is 81.8 cm³/mol. The molecule has 5 nitrogen and oxygen atoms in total. The maximum Gasteiger partial charge on any atom is 0.282 e. The first kappa shape index (κ1) is 16.2. The van der Waals surface area contributed by atoms with E-state index in [0.29, 0.717) is 13.1 Å². The minimum atomic E-state index is -3.27. The maximum atomic E-state index is 13.0. The zero-order valence-electron chi connectivity index (χ0n) is 12.8. The molecule has 0 spiro atoms. The molecular formula is C14H29N3O2S. The zero-order chi connectivity index (χ0) is 14.6. The fraction of sp³-hybridized carbons (Fsp3) is 1.00. The van der Waals surface area contributed by atoms with Gasteiger partial charge in [0.05, 0.1) is 0 Å². The summed E-state index contributed by atoms with van der Waals surface area (Å²) in [5, 5.41) is 3.14. The SMILES string of the molecule is CNCCC1CCCCN1S(=O)(=O)N1CCCCC1C. The van der Waals surface area contributed by atoms with Crippen LogP contribution in [0, 0.1) is 0 Å². The summed E-state index contributed by atoms with van der Waals surface area (Å²) in [6.45, 7) is 4.31. The van der Waals surface area contributed by atoms with Crippen molar-refractivity contribution in [3.05, 3.63) is 0 Å². The van der Waals surface area contributed by atoms with E-state index >= 15 is 0 Å². The molecule has 2 aliphatic heterocycles. The lowest BCUT2D eigenvalue weighted by Crippen LogP contribution is -2.54. The van der Waals surface area contributed by atoms with Gasteiger partial charge in [0.1, 0.15) is 0 Å². The monoisotopic (exact) mass is 303 g/mol. The maximum absolute atomic E-state index is 13.0. The molecule has 0 aromatic carbocycles. The first-order valence-corrected chi connectivity index (χ1v) is 9.40. The molecule has 2 aliphatic rings. The van der Waals surface area contributed by atoms with Crippen molar-refractivity contribution in [3.8, 4) is 0 Å². The lowest BCUT2D eigenvalue weighted by Gasteiger charge is -2.41. The number of hydrogen-bond acceptors (Lipinski definition) is 3. The third-order valence-electron chi connectivity index (χ3n) is 4.64. The van der Waals surface area contributed by atoms with E-state index in [1.54, 1.807) is 8.61 Å². The molecule has 0 bridgehead atoms. The van der Waals surface area contributed by atoms with Crippen LogP contribution in [0.1, 0.15) is 51.9 Å². The summed E-state index contributed by atoms with van der Waals surface area (Å²) in [5.41, 5.74) is 0. The lowest BCUT2D eigenvalue weighted by atomic mass is 10.0. The van der Waals surface area contributed by atoms with Gasteiger partial charge in [-0.1, -0.05) is 12.8 Å². The first-order chi connectivity index (χ1) is 9.57. The Morgan fingerprint density at radius 1 is 1.05 bits per heavy atom. The largest absolute Gasteiger partial charge is 0.320 e. The number of rotatable bonds is 5. The van der Waals surface area contributed by atoms with Gasteiger partial charge in [-0.3, -0.25) is 0 Å². The van der Waals surface area contributed by atoms with E-state index in [4.69, 9.17) is 0 Å². The first-order valence-electron chi connectivity index (χ1n) is 8.00. The van der Waals surface area contributed by atoms with Crippen LogP contribution in [0.15, 0.2) is 0 Å². The molecule has 0 aromatic rings. The third kappa shape index (κ3) is 3.53. The van der Waals surface area contributed by atoms with Crippen LogP contribution >= 0.6 is 0 Å². The molecule has 0 amide bonds. The van der Waals surface area contributed by atoms with Crippen molar-refractivity contribution < 1.29 is 8.42 Å². The van der Waals surface area contributed by atoms with Crippen molar-refractivity contribution in [2.75, 3.05) is 26.7 Å². The van der Waals surface area contributed by atoms with Gasteiger partial charge in [-0.05, 0) is 52.6 Å². The second-order valence-corrected chi connectivity index (χ2v) is 7.95. The van der Waals surface area contributed by atoms with Gasteiger partial charge in [0.15, 0.2) is 0 Å². The van der Waals surface area contributed by atoms with Crippen LogP contribution in [0.2, 0.25) is 0 Å². The average Bonchev–Trinajstić information content (AvgIpc) is 2.45. The minimum Gasteiger partial charge on any atom is -0.320 e. The van der Waals surface area contributed by atoms with Gasteiger partial charge in [-0.25, -0.2) is 0 Å². The summed E-state index contributed by atoms with van der Waals surface area (Å²) in [6.07, 6.45) is 7.21. The Balaban J connectivity index is 2.12. The molecule has 2 rings (SSSR count). The van der Waals surface area contributed by atoms with E-state index in [9.17, 15) is 8.42 Å². The molecular weight excluding hydrogens is 274 g/mol. The molecule has 6 heteroatoms. The second kappa shape index (κ2) is 7.20. The van der Waals surface area contributed by atoms with Crippen molar-refractivity contribution in [1.29, 1.82) is 0 Å². The summed E-state index contributed by atoms with van der Waals surface area (Å²) in [7, 11) is -1.35. The number of hydrogen-bond donors (Lipinski definition) is 1. The summed E-state index contributed by atoms with van der Waals surface area (Å²) in [6, 6.07) is 0.330. The van der Waals surface area contributed by atoms with Crippen molar-refractivity contribution in [1.82, 2.24) is 13.9 Å². The smallest absolute Gasteiger partial charge is 0.282 e. The standard InChI is InChI=1S/C14H29N3O2S/c1-13-7-3-5-11-16(13)20(18,19)17-12-6-4-8-14(17)9-10-15-2/h13-15H,3-12H2,1-2H3. The van der Waals surface area contributed by atoms with Crippen LogP contribution in [0.4, 0.5) is 0 Å². The van der Waals surface area contributed by atoms with E-state index in [-0.39, 0.29) is 12.1 Å². The predicted octanol–water partition coefficient (Wildman–Crippen LogP) is 1.57. The minimum absolute atomic E-state index is 0.153. The Labute approximate surface area is 123 Å². The van der Waals surface area contributed by atoms with E-state index < -0.39 is 10.2 Å². The summed E-state index contributed by atoms with van der Waals surface area (Å²) in [5.74, 6) is 0. The Hall–Kier alpha value is -0.170. The van der Waals surface area contributed by atoms with Gasteiger partial charge < -0.3 is 5.32 Å². The van der Waals surface area contributed by atoms with Gasteiger partial charge in [0.2, 0.25) is 0 Å². The van der Waals surface area contributed by atoms with Crippen LogP contribution in [0.3, 0.4) is 0 Å². The number of nitrogens with zero attached hydrogens (tertiary/aromatic N) is 2. The Bertz CT molecular complexity index is 399. The highest BCUT2D eigenvalue weighted by atomic mass is 32.2. The second-order valence-electron chi connectivity index (χ2n) is 6.12. The summed E-state index contributed by atoms with van der Waals surface area (Å²) >= 11 is 0. The Kier molecular flexibility index (Phi) is 5.84. The molecule has 0 radical (unpaired) electrons. The number of piperidine rings is 2. The molecule has 0 aromatic heterocycles. The van der Waals surface area contributed by atoms with Crippen molar-refractivity contribution >= 4 is 10.2 Å². The highest BCUT2D eigenvalue weighted by molar-refractivity contribution is 7.86. The summed E-state index contributed by atoms with van der Waals surface area (Å²) < 4.78 is 29.4. The zero-order valence-corrected chi connectivity index (χ0v) is 13.7. The van der Waals surface area contributed by atoms with Crippen molar-refractivity contribution in [2.24, 2.45) is 0 Å². The van der Waals surface area contributed by atoms with Crippen LogP contribution in [-0.2, 0) is 10.2 Å². The van der Waals surface area contributed by atoms with Crippen LogP contribution in [0.25, 0.3) is 0 Å². The van der Waals surface area contributed by atoms with E-state index in [2.05, 4.69) is 5.32 Å². The quantitative estimate of drug-likeness (QED) is 0.839. The van der Waals surface area contributed by atoms with Crippen LogP contribution in [-0.4, -0.2) is 55.8 Å². The molecule has 118 valence electrons. The molecule has 2 unspecified atom stereocenters. The number of nitrogens with one attached hydrogen (secondary N) is 1. The molecule has 0 aliphatic carbocycles. The van der Waals surface area contributed by atoms with Crippen LogP contribution < -0.4 is 5.32 Å². The van der Waals surface area contributed by atoms with Crippen LogP contribution in [0.5, 0.6) is 0 Å². The molecule has 2 atom stereocenters. The Morgan fingerprint density at radius 3 is 2.35 bits per heavy atom. The highest BCUT2D eigenvalue weighted by Gasteiger charge is 2.38. The third-order valence-corrected chi connectivity index (χ3v) is 6.84. The molecule has 1 N–H and O–H groups in total. The van der Waals surface area contributed by atoms with Crippen molar-refractivity contribution in [2.45, 2.75) is 64.0 Å². The topological polar surface area (TPSA) is 52.7 Å². The fourth-order valence-electron chi connectivity index (χ4n) is 3.43. The van der Waals surface area contributed by atoms with E-state index in [1.807, 2.05) is 14.0 Å². The lowest BCUT2D eigenvalue weighted by molar-refractivity contribution is 0.196. The van der Waals surface area contributed by atoms with E-state index in [1.165, 1.54) is 0 Å². The highest BCUT2D eigenvalue weighted by Crippen LogP contribution is 2.28. The van der Waals surface area contributed by atoms with Gasteiger partial charge in [-0.15, -0.1) is 0 Å².